The van der Waals surface area contributed by atoms with E-state index in [0.29, 0.717) is 37.2 Å². The lowest BCUT2D eigenvalue weighted by Crippen LogP contribution is -2.67. The van der Waals surface area contributed by atoms with Crippen molar-refractivity contribution in [1.29, 1.82) is 0 Å². The van der Waals surface area contributed by atoms with Gasteiger partial charge in [-0.25, -0.2) is 0 Å². The van der Waals surface area contributed by atoms with Gasteiger partial charge in [0.2, 0.25) is 17.7 Å². The fourth-order valence-corrected chi connectivity index (χ4v) is 15.7. The number of benzene rings is 4. The van der Waals surface area contributed by atoms with E-state index in [1.807, 2.05) is 92.7 Å². The van der Waals surface area contributed by atoms with Crippen molar-refractivity contribution in [1.82, 2.24) is 31.5 Å². The van der Waals surface area contributed by atoms with Crippen molar-refractivity contribution in [3.05, 3.63) is 125 Å². The van der Waals surface area contributed by atoms with Gasteiger partial charge in [-0.3, -0.25) is 71.9 Å². The van der Waals surface area contributed by atoms with Crippen LogP contribution in [-0.4, -0.2) is 339 Å². The number of hydrogen-bond donors (Lipinski definition) is 7. The highest BCUT2D eigenvalue weighted by Gasteiger charge is 2.58. The second-order valence-corrected chi connectivity index (χ2v) is 34.4. The van der Waals surface area contributed by atoms with E-state index in [-0.39, 0.29) is 161 Å². The number of alkyl halides is 6. The minimum absolute atomic E-state index is 0.00485. The number of anilines is 1. The van der Waals surface area contributed by atoms with Crippen molar-refractivity contribution in [2.75, 3.05) is 171 Å². The zero-order valence-electron chi connectivity index (χ0n) is 82.8. The van der Waals surface area contributed by atoms with E-state index in [2.05, 4.69) is 21.3 Å². The second-order valence-electron chi connectivity index (χ2n) is 34.4. The van der Waals surface area contributed by atoms with E-state index < -0.39 is 213 Å². The van der Waals surface area contributed by atoms with E-state index in [4.69, 9.17) is 94.7 Å². The molecule has 4 aromatic carbocycles. The number of hydrogen-bond acceptors (Lipinski definition) is 35. The van der Waals surface area contributed by atoms with Gasteiger partial charge in [0, 0.05) is 108 Å². The van der Waals surface area contributed by atoms with Crippen LogP contribution in [0, 0.1) is 10.8 Å². The molecule has 49 heteroatoms. The standard InChI is InChI=1S/C97H129F6N7O36/c1-60(111)137-54-74-83(141-62(3)113)85(143-64(5)115)81(108-91(125)96(98,99)100)89(145-74)135-48-46-133-44-42-131-40-38-129-36-34-104-87(123)66-50-67(88(124)105-35-37-130-39-41-132-43-45-134-47-49-136-90-82(109-92(126)97(101,102)103)86(144-65(6)116)84(142-63(4)114)75(146-90)55-138-61(2)112)52-71(51-66)107-77(118)53-106-76(117)22-18-13-11-12-14-19-23-78(119)110-56-93(7,58-139-80(122)33-32-79(120)121)94(8,57-110)59-140-95(68-20-16-15-17-21-68,69-24-28-72(127-9)29-25-69)70-26-30-73(128-10)31-27-70/h15-17,20-21,24-31,50-52,74-75,81-86,89-90H,11-14,18-19,22-23,32-49,53-59H2,1-10H3,(H,104,123)(H,105,124)(H,106,117)(H,107,118)(H,108,125)(H,109,126)(H,120,121)/t74-,75-,81-,82-,83+,84+,85-,86-,89?,90?,93?,94?/m1/s1. The normalized spacial score (nSPS) is 20.3. The summed E-state index contributed by atoms with van der Waals surface area (Å²) in [5.41, 5.74) is -0.808. The number of likely N-dealkylation sites (tertiary alicyclic amines) is 1. The van der Waals surface area contributed by atoms with E-state index >= 15 is 0 Å². The van der Waals surface area contributed by atoms with Gasteiger partial charge in [0.05, 0.1) is 139 Å². The van der Waals surface area contributed by atoms with Crippen molar-refractivity contribution >= 4 is 94.8 Å². The quantitative estimate of drug-likeness (QED) is 0.00857. The Morgan fingerprint density at radius 2 is 0.808 bits per heavy atom. The number of carbonyl (C=O) groups is 15. The molecule has 3 fully saturated rings. The molecule has 3 heterocycles. The van der Waals surface area contributed by atoms with Crippen molar-refractivity contribution in [2.45, 2.75) is 199 Å². The molecule has 0 saturated carbocycles. The number of unbranched alkanes of at least 4 members (excludes halogenated alkanes) is 5. The summed E-state index contributed by atoms with van der Waals surface area (Å²) in [7, 11) is 3.15. The van der Waals surface area contributed by atoms with Crippen molar-refractivity contribution < 1.29 is 198 Å². The summed E-state index contributed by atoms with van der Waals surface area (Å²) < 4.78 is 193. The molecular weight excluding hydrogens is 1950 g/mol. The number of aliphatic carboxylic acids is 1. The predicted octanol–water partition coefficient (Wildman–Crippen LogP) is 6.14. The number of nitrogens with one attached hydrogen (secondary N) is 6. The van der Waals surface area contributed by atoms with Gasteiger partial charge in [-0.1, -0.05) is 94.1 Å². The Labute approximate surface area is 838 Å². The molecule has 12 atom stereocenters. The van der Waals surface area contributed by atoms with Crippen LogP contribution in [0.1, 0.15) is 157 Å². The van der Waals surface area contributed by atoms with Crippen LogP contribution in [0.2, 0.25) is 0 Å². The van der Waals surface area contributed by atoms with Crippen LogP contribution in [-0.2, 0) is 153 Å². The minimum atomic E-state index is -5.44. The van der Waals surface area contributed by atoms with Gasteiger partial charge in [0.15, 0.2) is 37.0 Å². The maximum Gasteiger partial charge on any atom is 0.471 e. The number of methoxy groups -OCH3 is 2. The van der Waals surface area contributed by atoms with Gasteiger partial charge in [0.25, 0.3) is 11.8 Å². The summed E-state index contributed by atoms with van der Waals surface area (Å²) in [6.07, 6.45) is -21.2. The first-order valence-electron chi connectivity index (χ1n) is 47.0. The average molecular weight is 2080 g/mol. The third-order valence-electron chi connectivity index (χ3n) is 23.1. The molecular formula is C97H129F6N7O36. The van der Waals surface area contributed by atoms with Crippen LogP contribution < -0.4 is 41.4 Å². The summed E-state index contributed by atoms with van der Waals surface area (Å²) in [5.74, 6) is -14.0. The molecule has 4 aromatic rings. The molecule has 3 aliphatic rings. The summed E-state index contributed by atoms with van der Waals surface area (Å²) in [6.45, 7) is 6.56. The molecule has 4 unspecified atom stereocenters. The average Bonchev–Trinajstić information content (AvgIpc) is 1.55. The number of rotatable bonds is 63. The maximum atomic E-state index is 14.3. The molecule has 0 radical (unpaired) electrons. The molecule has 3 aliphatic heterocycles. The molecule has 146 heavy (non-hydrogen) atoms. The van der Waals surface area contributed by atoms with E-state index in [9.17, 15) is 103 Å². The Balaban J connectivity index is 0.885. The Morgan fingerprint density at radius 1 is 0.425 bits per heavy atom. The van der Waals surface area contributed by atoms with Crippen molar-refractivity contribution in [3.63, 3.8) is 0 Å². The number of ether oxygens (including phenoxy) is 20. The number of carboxylic acid groups (broad SMARTS) is 1. The highest BCUT2D eigenvalue weighted by Crippen LogP contribution is 2.51. The first kappa shape index (κ1) is 121. The number of carboxylic acids is 1. The molecule has 7 N–H and O–H groups in total. The van der Waals surface area contributed by atoms with Gasteiger partial charge < -0.3 is 137 Å². The summed E-state index contributed by atoms with van der Waals surface area (Å²) >= 11 is 0. The SMILES string of the molecule is COc1ccc(C(OCC2(C)CN(C(=O)CCCCCCCCC(=O)NCC(=O)Nc3cc(C(=O)NCCOCCOCCOCCOC4O[C@H](COC(C)=O)[C@H](OC(C)=O)[C@H](OC(C)=O)[C@H]4NC(=O)C(F)(F)F)cc(C(=O)NCCOCCOCCOCCOC4O[C@H](COC(C)=O)[C@H](OC(C)=O)[C@H](OC(C)=O)[C@H]4NC(=O)C(F)(F)F)c3)CC2(C)COC(=O)CCC(=O)O)(c2ccccc2)c2ccc(OC)cc2)cc1. The number of halogens is 6. The highest BCUT2D eigenvalue weighted by atomic mass is 19.4. The Hall–Kier alpha value is -12.3. The minimum Gasteiger partial charge on any atom is -0.497 e. The number of carbonyl (C=O) groups excluding carboxylic acids is 14. The summed E-state index contributed by atoms with van der Waals surface area (Å²) in [6, 6.07) is 24.8. The molecule has 7 rings (SSSR count). The van der Waals surface area contributed by atoms with E-state index in [1.54, 1.807) is 29.8 Å². The molecule has 3 saturated heterocycles. The molecule has 7 amide bonds. The zero-order valence-corrected chi connectivity index (χ0v) is 82.8. The first-order valence-corrected chi connectivity index (χ1v) is 47.0. The third kappa shape index (κ3) is 40.1. The van der Waals surface area contributed by atoms with Crippen LogP contribution in [0.3, 0.4) is 0 Å². The molecule has 0 aliphatic carbocycles. The lowest BCUT2D eigenvalue weighted by Gasteiger charge is -2.45. The Kier molecular flexibility index (Phi) is 50.1. The van der Waals surface area contributed by atoms with Crippen LogP contribution in [0.25, 0.3) is 0 Å². The van der Waals surface area contributed by atoms with Gasteiger partial charge in [-0.2, -0.15) is 26.3 Å². The summed E-state index contributed by atoms with van der Waals surface area (Å²) in [5, 5.41) is 23.2. The topological polar surface area (TPSA) is 536 Å². The second kappa shape index (κ2) is 60.7. The van der Waals surface area contributed by atoms with Crippen LogP contribution in [0.15, 0.2) is 97.1 Å². The van der Waals surface area contributed by atoms with Crippen LogP contribution in [0.5, 0.6) is 11.5 Å². The largest absolute Gasteiger partial charge is 0.497 e. The predicted molar refractivity (Wildman–Crippen MR) is 494 cm³/mol. The monoisotopic (exact) mass is 2080 g/mol. The fraction of sp³-hybridized carbons (Fsp3) is 0.598. The molecule has 0 aromatic heterocycles. The van der Waals surface area contributed by atoms with Gasteiger partial charge in [-0.15, -0.1) is 0 Å². The number of nitrogens with zero attached hydrogens (tertiary/aromatic N) is 1. The fourth-order valence-electron chi connectivity index (χ4n) is 15.7. The molecule has 43 nitrogen and oxygen atoms in total. The Morgan fingerprint density at radius 3 is 1.21 bits per heavy atom. The molecule has 810 valence electrons. The Bertz CT molecular complexity index is 4700. The lowest BCUT2D eigenvalue weighted by atomic mass is 9.68. The van der Waals surface area contributed by atoms with E-state index in [1.165, 1.54) is 18.2 Å². The smallest absolute Gasteiger partial charge is 0.471 e. The number of esters is 7. The van der Waals surface area contributed by atoms with Gasteiger partial charge in [0.1, 0.15) is 54.6 Å². The number of amides is 7. The molecule has 0 bridgehead atoms. The maximum absolute atomic E-state index is 14.3. The van der Waals surface area contributed by atoms with E-state index in [0.717, 1.165) is 71.1 Å². The molecule has 0 spiro atoms. The van der Waals surface area contributed by atoms with Crippen LogP contribution >= 0.6 is 0 Å². The van der Waals surface area contributed by atoms with Gasteiger partial charge in [-0.05, 0) is 72.0 Å². The van der Waals surface area contributed by atoms with Crippen molar-refractivity contribution in [3.8, 4) is 11.5 Å². The van der Waals surface area contributed by atoms with Gasteiger partial charge >= 0.3 is 71.9 Å². The summed E-state index contributed by atoms with van der Waals surface area (Å²) in [4.78, 5) is 191. The highest BCUT2D eigenvalue weighted by molar-refractivity contribution is 6.03. The lowest BCUT2D eigenvalue weighted by molar-refractivity contribution is -0.280. The first-order chi connectivity index (χ1) is 69.4. The zero-order chi connectivity index (χ0) is 107. The third-order valence-corrected chi connectivity index (χ3v) is 23.1. The van der Waals surface area contributed by atoms with Crippen LogP contribution in [0.4, 0.5) is 32.0 Å². The van der Waals surface area contributed by atoms with Crippen molar-refractivity contribution in [2.24, 2.45) is 10.8 Å².